The number of hydrogen-bond donors (Lipinski definition) is 1. The third-order valence-corrected chi connectivity index (χ3v) is 2.13. The number of amides is 1. The Labute approximate surface area is 99.0 Å². The maximum absolute atomic E-state index is 12.6. The van der Waals surface area contributed by atoms with E-state index in [4.69, 9.17) is 5.73 Å². The maximum atomic E-state index is 12.6. The van der Waals surface area contributed by atoms with Crippen molar-refractivity contribution >= 4 is 5.91 Å². The number of nitrogens with two attached hydrogens (primary N) is 1. The van der Waals surface area contributed by atoms with Crippen LogP contribution in [0, 0.1) is 0 Å². The van der Waals surface area contributed by atoms with Gasteiger partial charge < -0.3 is 5.73 Å². The van der Waals surface area contributed by atoms with Crippen molar-refractivity contribution in [3.05, 3.63) is 41.9 Å². The normalized spacial score (nSPS) is 11.5. The Kier molecular flexibility index (Phi) is 2.77. The standard InChI is InChI=1S/C10H7F3N4O/c11-10(12,13)8-6(9(14)18)5-17(16-8)7-3-1-2-4-15-7/h1-5H,(H2,14,18). The number of rotatable bonds is 2. The second kappa shape index (κ2) is 4.13. The molecule has 0 spiro atoms. The molecule has 8 heteroatoms. The highest BCUT2D eigenvalue weighted by Crippen LogP contribution is 2.30. The van der Waals surface area contributed by atoms with Gasteiger partial charge in [0.25, 0.3) is 5.91 Å². The lowest BCUT2D eigenvalue weighted by Gasteiger charge is -2.03. The number of carbonyl (C=O) groups is 1. The molecule has 18 heavy (non-hydrogen) atoms. The number of pyridine rings is 1. The van der Waals surface area contributed by atoms with Crippen LogP contribution in [-0.4, -0.2) is 20.7 Å². The van der Waals surface area contributed by atoms with Gasteiger partial charge in [0.05, 0.1) is 5.56 Å². The molecule has 0 saturated carbocycles. The summed E-state index contributed by atoms with van der Waals surface area (Å²) in [5, 5.41) is 3.30. The fraction of sp³-hybridized carbons (Fsp3) is 0.100. The van der Waals surface area contributed by atoms with E-state index in [1.807, 2.05) is 0 Å². The van der Waals surface area contributed by atoms with Crippen LogP contribution in [-0.2, 0) is 6.18 Å². The zero-order valence-corrected chi connectivity index (χ0v) is 8.85. The van der Waals surface area contributed by atoms with E-state index in [1.165, 1.54) is 12.3 Å². The predicted molar refractivity (Wildman–Crippen MR) is 54.9 cm³/mol. The lowest BCUT2D eigenvalue weighted by molar-refractivity contribution is -0.141. The summed E-state index contributed by atoms with van der Waals surface area (Å²) in [4.78, 5) is 14.8. The van der Waals surface area contributed by atoms with Gasteiger partial charge in [-0.25, -0.2) is 9.67 Å². The fourth-order valence-corrected chi connectivity index (χ4v) is 1.37. The average molecular weight is 256 g/mol. The topological polar surface area (TPSA) is 73.8 Å². The summed E-state index contributed by atoms with van der Waals surface area (Å²) in [6.45, 7) is 0. The van der Waals surface area contributed by atoms with Gasteiger partial charge in [0.2, 0.25) is 0 Å². The summed E-state index contributed by atoms with van der Waals surface area (Å²) in [7, 11) is 0. The minimum atomic E-state index is -4.75. The number of hydrogen-bond acceptors (Lipinski definition) is 3. The van der Waals surface area contributed by atoms with E-state index in [9.17, 15) is 18.0 Å². The number of carbonyl (C=O) groups excluding carboxylic acids is 1. The van der Waals surface area contributed by atoms with Gasteiger partial charge in [-0.1, -0.05) is 6.07 Å². The Morgan fingerprint density at radius 1 is 1.33 bits per heavy atom. The summed E-state index contributed by atoms with van der Waals surface area (Å²) >= 11 is 0. The van der Waals surface area contributed by atoms with E-state index in [2.05, 4.69) is 10.1 Å². The SMILES string of the molecule is NC(=O)c1cn(-c2ccccn2)nc1C(F)(F)F. The number of alkyl halides is 3. The van der Waals surface area contributed by atoms with Crippen LogP contribution in [0.4, 0.5) is 13.2 Å². The first-order valence-corrected chi connectivity index (χ1v) is 4.77. The van der Waals surface area contributed by atoms with E-state index in [0.717, 1.165) is 10.9 Å². The third kappa shape index (κ3) is 2.17. The van der Waals surface area contributed by atoms with E-state index < -0.39 is 23.3 Å². The van der Waals surface area contributed by atoms with Crippen LogP contribution in [0.2, 0.25) is 0 Å². The molecule has 0 aromatic carbocycles. The molecule has 2 heterocycles. The monoisotopic (exact) mass is 256 g/mol. The first-order chi connectivity index (χ1) is 8.39. The second-order valence-electron chi connectivity index (χ2n) is 3.39. The Morgan fingerprint density at radius 2 is 2.06 bits per heavy atom. The molecule has 2 N–H and O–H groups in total. The smallest absolute Gasteiger partial charge is 0.365 e. The molecule has 2 aromatic rings. The summed E-state index contributed by atoms with van der Waals surface area (Å²) in [5.41, 5.74) is 2.88. The fourth-order valence-electron chi connectivity index (χ4n) is 1.37. The van der Waals surface area contributed by atoms with Crippen molar-refractivity contribution in [3.8, 4) is 5.82 Å². The molecule has 0 aliphatic carbocycles. The van der Waals surface area contributed by atoms with Crippen LogP contribution < -0.4 is 5.73 Å². The van der Waals surface area contributed by atoms with Gasteiger partial charge in [-0.3, -0.25) is 4.79 Å². The maximum Gasteiger partial charge on any atom is 0.435 e. The number of aromatic nitrogens is 3. The van der Waals surface area contributed by atoms with Gasteiger partial charge in [-0.05, 0) is 12.1 Å². The molecule has 5 nitrogen and oxygen atoms in total. The van der Waals surface area contributed by atoms with Crippen molar-refractivity contribution in [1.82, 2.24) is 14.8 Å². The van der Waals surface area contributed by atoms with E-state index in [0.29, 0.717) is 0 Å². The summed E-state index contributed by atoms with van der Waals surface area (Å²) < 4.78 is 38.8. The molecule has 0 aliphatic heterocycles. The van der Waals surface area contributed by atoms with Crippen LogP contribution in [0.5, 0.6) is 0 Å². The van der Waals surface area contributed by atoms with Gasteiger partial charge >= 0.3 is 6.18 Å². The lowest BCUT2D eigenvalue weighted by atomic mass is 10.2. The van der Waals surface area contributed by atoms with E-state index in [-0.39, 0.29) is 5.82 Å². The highest BCUT2D eigenvalue weighted by molar-refractivity contribution is 5.94. The molecule has 2 rings (SSSR count). The molecule has 0 bridgehead atoms. The summed E-state index contributed by atoms with van der Waals surface area (Å²) in [5.74, 6) is -1.03. The predicted octanol–water partition coefficient (Wildman–Crippen LogP) is 1.39. The van der Waals surface area contributed by atoms with Gasteiger partial charge in [0.15, 0.2) is 11.5 Å². The molecule has 0 fully saturated rings. The van der Waals surface area contributed by atoms with Gasteiger partial charge in [0, 0.05) is 12.4 Å². The third-order valence-electron chi connectivity index (χ3n) is 2.13. The molecule has 0 unspecified atom stereocenters. The van der Waals surface area contributed by atoms with Gasteiger partial charge in [-0.2, -0.15) is 18.3 Å². The lowest BCUT2D eigenvalue weighted by Crippen LogP contribution is -2.17. The molecular formula is C10H7F3N4O. The van der Waals surface area contributed by atoms with Crippen LogP contribution in [0.15, 0.2) is 30.6 Å². The van der Waals surface area contributed by atoms with E-state index in [1.54, 1.807) is 12.1 Å². The first-order valence-electron chi connectivity index (χ1n) is 4.77. The van der Waals surface area contributed by atoms with Crippen molar-refractivity contribution < 1.29 is 18.0 Å². The van der Waals surface area contributed by atoms with Crippen LogP contribution in [0.3, 0.4) is 0 Å². The van der Waals surface area contributed by atoms with E-state index >= 15 is 0 Å². The minimum absolute atomic E-state index is 0.163. The Bertz CT molecular complexity index is 577. The van der Waals surface area contributed by atoms with Crippen molar-refractivity contribution in [2.75, 3.05) is 0 Å². The molecule has 0 aliphatic rings. The molecule has 2 aromatic heterocycles. The van der Waals surface area contributed by atoms with Crippen LogP contribution in [0.1, 0.15) is 16.1 Å². The minimum Gasteiger partial charge on any atom is -0.365 e. The molecule has 1 amide bonds. The Hall–Kier alpha value is -2.38. The Morgan fingerprint density at radius 3 is 2.50 bits per heavy atom. The molecule has 94 valence electrons. The first kappa shape index (κ1) is 12.1. The highest BCUT2D eigenvalue weighted by Gasteiger charge is 2.38. The quantitative estimate of drug-likeness (QED) is 0.882. The van der Waals surface area contributed by atoms with Crippen molar-refractivity contribution in [1.29, 1.82) is 0 Å². The van der Waals surface area contributed by atoms with Crippen molar-refractivity contribution in [2.45, 2.75) is 6.18 Å². The zero-order valence-electron chi connectivity index (χ0n) is 8.85. The molecule has 0 saturated heterocycles. The largest absolute Gasteiger partial charge is 0.435 e. The molecular weight excluding hydrogens is 249 g/mol. The molecule has 0 atom stereocenters. The van der Waals surface area contributed by atoms with Crippen molar-refractivity contribution in [3.63, 3.8) is 0 Å². The average Bonchev–Trinajstić information content (AvgIpc) is 2.74. The number of halogens is 3. The molecule has 0 radical (unpaired) electrons. The second-order valence-corrected chi connectivity index (χ2v) is 3.39. The highest BCUT2D eigenvalue weighted by atomic mass is 19.4. The number of nitrogens with zero attached hydrogens (tertiary/aromatic N) is 3. The van der Waals surface area contributed by atoms with Crippen LogP contribution in [0.25, 0.3) is 5.82 Å². The summed E-state index contributed by atoms with van der Waals surface area (Å²) in [6.07, 6.45) is -2.44. The van der Waals surface area contributed by atoms with Gasteiger partial charge in [-0.15, -0.1) is 0 Å². The van der Waals surface area contributed by atoms with Gasteiger partial charge in [0.1, 0.15) is 0 Å². The van der Waals surface area contributed by atoms with Crippen LogP contribution >= 0.6 is 0 Å². The van der Waals surface area contributed by atoms with Crippen molar-refractivity contribution in [2.24, 2.45) is 5.73 Å². The number of primary amides is 1. The zero-order chi connectivity index (χ0) is 13.3. The Balaban J connectivity index is 2.57. The summed E-state index contributed by atoms with van der Waals surface area (Å²) in [6, 6.07) is 4.64.